The highest BCUT2D eigenvalue weighted by molar-refractivity contribution is 5.39. The highest BCUT2D eigenvalue weighted by atomic mass is 16.5. The molecule has 1 aromatic heterocycles. The summed E-state index contributed by atoms with van der Waals surface area (Å²) in [5.74, 6) is 0.750. The lowest BCUT2D eigenvalue weighted by Gasteiger charge is -2.28. The first-order chi connectivity index (χ1) is 11.8. The molecule has 0 spiro atoms. The highest BCUT2D eigenvalue weighted by Crippen LogP contribution is 2.39. The smallest absolute Gasteiger partial charge is 0.126 e. The second kappa shape index (κ2) is 8.37. The molecule has 2 saturated heterocycles. The van der Waals surface area contributed by atoms with Crippen molar-refractivity contribution in [3.63, 3.8) is 0 Å². The Morgan fingerprint density at radius 1 is 1.44 bits per heavy atom. The molecule has 3 unspecified atom stereocenters. The summed E-state index contributed by atoms with van der Waals surface area (Å²) in [6.07, 6.45) is 9.78. The molecular weight excluding hydrogens is 310 g/mol. The van der Waals surface area contributed by atoms with Crippen LogP contribution in [0, 0.1) is 5.92 Å². The van der Waals surface area contributed by atoms with Crippen molar-refractivity contribution in [3.05, 3.63) is 34.6 Å². The molecule has 1 aromatic rings. The predicted molar refractivity (Wildman–Crippen MR) is 106 cm³/mol. The van der Waals surface area contributed by atoms with Gasteiger partial charge in [-0.05, 0) is 58.9 Å². The number of furan rings is 1. The van der Waals surface area contributed by atoms with Crippen LogP contribution >= 0.6 is 0 Å². The van der Waals surface area contributed by atoms with E-state index in [9.17, 15) is 0 Å². The third kappa shape index (κ3) is 5.58. The molecule has 0 aliphatic carbocycles. The van der Waals surface area contributed by atoms with Gasteiger partial charge in [0.15, 0.2) is 0 Å². The zero-order valence-corrected chi connectivity index (χ0v) is 16.8. The minimum atomic E-state index is 0.0833. The summed E-state index contributed by atoms with van der Waals surface area (Å²) in [6.45, 7) is 16.1. The Morgan fingerprint density at radius 2 is 2.16 bits per heavy atom. The molecule has 2 fully saturated rings. The van der Waals surface area contributed by atoms with Crippen LogP contribution < -0.4 is 10.6 Å². The number of fused-ring (bicyclic) bond motifs is 1. The Bertz CT molecular complexity index is 679. The van der Waals surface area contributed by atoms with Gasteiger partial charge in [0, 0.05) is 31.0 Å². The van der Waals surface area contributed by atoms with Crippen molar-refractivity contribution in [1.29, 1.82) is 0 Å². The van der Waals surface area contributed by atoms with Gasteiger partial charge in [-0.15, -0.1) is 0 Å². The molecule has 25 heavy (non-hydrogen) atoms. The van der Waals surface area contributed by atoms with Gasteiger partial charge in [-0.25, -0.2) is 0 Å². The van der Waals surface area contributed by atoms with Crippen LogP contribution in [0.25, 0.3) is 12.7 Å². The zero-order valence-electron chi connectivity index (χ0n) is 16.8. The number of nitrogens with zero attached hydrogens (tertiary/aromatic N) is 1. The van der Waals surface area contributed by atoms with E-state index in [-0.39, 0.29) is 5.60 Å². The minimum absolute atomic E-state index is 0.0833. The Labute approximate surface area is 153 Å². The Hall–Kier alpha value is -1.32. The second-order valence-electron chi connectivity index (χ2n) is 8.06. The predicted octanol–water partition coefficient (Wildman–Crippen LogP) is 3.72. The first kappa shape index (κ1) is 20.0. The van der Waals surface area contributed by atoms with Crippen LogP contribution in [-0.4, -0.2) is 36.2 Å². The molecule has 0 aromatic carbocycles. The number of rotatable bonds is 4. The Kier molecular flexibility index (Phi) is 6.70. The first-order valence-electron chi connectivity index (χ1n) is 9.49. The summed E-state index contributed by atoms with van der Waals surface area (Å²) in [4.78, 5) is 2.61. The van der Waals surface area contributed by atoms with Gasteiger partial charge in [0.05, 0.1) is 11.9 Å². The van der Waals surface area contributed by atoms with E-state index in [0.29, 0.717) is 0 Å². The lowest BCUT2D eigenvalue weighted by atomic mass is 9.86. The fourth-order valence-corrected chi connectivity index (χ4v) is 3.29. The highest BCUT2D eigenvalue weighted by Gasteiger charge is 2.43. The summed E-state index contributed by atoms with van der Waals surface area (Å²) in [5.41, 5.74) is 2.33. The maximum atomic E-state index is 5.20. The van der Waals surface area contributed by atoms with E-state index >= 15 is 0 Å². The fourth-order valence-electron chi connectivity index (χ4n) is 3.29. The molecule has 3 nitrogen and oxygen atoms in total. The largest absolute Gasteiger partial charge is 0.465 e. The minimum Gasteiger partial charge on any atom is -0.465 e. The van der Waals surface area contributed by atoms with E-state index in [0.717, 1.165) is 35.1 Å². The van der Waals surface area contributed by atoms with Crippen LogP contribution in [0.3, 0.4) is 0 Å². The van der Waals surface area contributed by atoms with E-state index in [2.05, 4.69) is 58.2 Å². The van der Waals surface area contributed by atoms with E-state index in [1.54, 1.807) is 13.4 Å². The average Bonchev–Trinajstić information content (AvgIpc) is 3.28. The normalized spacial score (nSPS) is 29.7. The Balaban J connectivity index is 0.000000277. The van der Waals surface area contributed by atoms with Gasteiger partial charge in [0.2, 0.25) is 0 Å². The summed E-state index contributed by atoms with van der Waals surface area (Å²) in [5, 5.41) is 1.09. The number of hydrogen-bond acceptors (Lipinski definition) is 3. The number of ether oxygens (including phenoxy) is 1. The molecule has 0 radical (unpaired) electrons. The van der Waals surface area contributed by atoms with Gasteiger partial charge in [-0.3, -0.25) is 4.90 Å². The number of hydrogen-bond donors (Lipinski definition) is 0. The molecular formula is C22H35NO2. The average molecular weight is 346 g/mol. The SMILES string of the molecule is C=c1occ/c1=C/C=C(\C)[C@@H]1CC(C)N2CC2C1.CCC(C)(C)OC. The summed E-state index contributed by atoms with van der Waals surface area (Å²) in [6, 6.07) is 3.59. The second-order valence-corrected chi connectivity index (χ2v) is 8.06. The molecule has 2 aliphatic heterocycles. The Morgan fingerprint density at radius 3 is 2.64 bits per heavy atom. The first-order valence-corrected chi connectivity index (χ1v) is 9.49. The van der Waals surface area contributed by atoms with Gasteiger partial charge >= 0.3 is 0 Å². The lowest BCUT2D eigenvalue weighted by Crippen LogP contribution is -2.28. The third-order valence-electron chi connectivity index (χ3n) is 5.86. The van der Waals surface area contributed by atoms with Crippen LogP contribution in [0.1, 0.15) is 53.9 Å². The molecule has 3 rings (SSSR count). The van der Waals surface area contributed by atoms with Gasteiger partial charge in [-0.1, -0.05) is 31.2 Å². The maximum Gasteiger partial charge on any atom is 0.126 e. The van der Waals surface area contributed by atoms with Crippen LogP contribution in [0.15, 0.2) is 28.4 Å². The molecule has 4 atom stereocenters. The van der Waals surface area contributed by atoms with Crippen molar-refractivity contribution in [1.82, 2.24) is 4.90 Å². The van der Waals surface area contributed by atoms with Gasteiger partial charge in [0.1, 0.15) is 5.42 Å². The lowest BCUT2D eigenvalue weighted by molar-refractivity contribution is 0.0196. The summed E-state index contributed by atoms with van der Waals surface area (Å²) >= 11 is 0. The van der Waals surface area contributed by atoms with Crippen molar-refractivity contribution in [2.24, 2.45) is 5.92 Å². The number of allylic oxidation sites excluding steroid dienone is 2. The standard InChI is InChI=1S/C16H21NO.C6H14O/c1-11(4-5-14-6-7-18-13(14)3)15-8-12(2)17-10-16(17)9-15;1-5-6(2,3)7-4/h4-7,12,15-16H,3,8-10H2,1-2H3;5H2,1-4H3/b11-4+,14-5-;/t12?,15-,16?,17?;/m1./s1. The molecule has 3 heterocycles. The monoisotopic (exact) mass is 345 g/mol. The molecule has 140 valence electrons. The van der Waals surface area contributed by atoms with E-state index in [4.69, 9.17) is 9.15 Å². The third-order valence-corrected chi connectivity index (χ3v) is 5.86. The molecule has 0 saturated carbocycles. The van der Waals surface area contributed by atoms with Crippen LogP contribution in [0.4, 0.5) is 0 Å². The van der Waals surface area contributed by atoms with Crippen molar-refractivity contribution in [2.45, 2.75) is 71.6 Å². The fraction of sp³-hybridized carbons (Fsp3) is 0.636. The molecule has 2 aliphatic rings. The van der Waals surface area contributed by atoms with Gasteiger partial charge in [-0.2, -0.15) is 0 Å². The molecule has 3 heteroatoms. The summed E-state index contributed by atoms with van der Waals surface area (Å²) in [7, 11) is 1.74. The van der Waals surface area contributed by atoms with E-state index in [1.807, 2.05) is 6.07 Å². The molecule has 0 bridgehead atoms. The summed E-state index contributed by atoms with van der Waals surface area (Å²) < 4.78 is 10.3. The van der Waals surface area contributed by atoms with Gasteiger partial charge in [0.25, 0.3) is 0 Å². The van der Waals surface area contributed by atoms with Crippen LogP contribution in [0.5, 0.6) is 0 Å². The maximum absolute atomic E-state index is 5.20. The van der Waals surface area contributed by atoms with E-state index < -0.39 is 0 Å². The topological polar surface area (TPSA) is 25.4 Å². The quantitative estimate of drug-likeness (QED) is 0.778. The van der Waals surface area contributed by atoms with Crippen molar-refractivity contribution < 1.29 is 9.15 Å². The van der Waals surface area contributed by atoms with Gasteiger partial charge < -0.3 is 9.15 Å². The zero-order chi connectivity index (χ0) is 18.6. The number of methoxy groups -OCH3 is 1. The number of piperidine rings is 1. The van der Waals surface area contributed by atoms with Crippen molar-refractivity contribution in [2.75, 3.05) is 13.7 Å². The molecule has 0 N–H and O–H groups in total. The van der Waals surface area contributed by atoms with E-state index in [1.165, 1.54) is 25.0 Å². The van der Waals surface area contributed by atoms with Crippen molar-refractivity contribution in [3.8, 4) is 0 Å². The van der Waals surface area contributed by atoms with Crippen LogP contribution in [-0.2, 0) is 4.74 Å². The molecule has 0 amide bonds. The van der Waals surface area contributed by atoms with Crippen LogP contribution in [0.2, 0.25) is 0 Å². The van der Waals surface area contributed by atoms with Crippen molar-refractivity contribution >= 4 is 12.7 Å².